The fourth-order valence-corrected chi connectivity index (χ4v) is 4.95. The van der Waals surface area contributed by atoms with Crippen LogP contribution in [0.25, 0.3) is 44.5 Å². The number of hydrogen-bond donors (Lipinski definition) is 2. The Morgan fingerprint density at radius 3 is 2.69 bits per heavy atom. The summed E-state index contributed by atoms with van der Waals surface area (Å²) in [7, 11) is 4.06. The zero-order valence-electron chi connectivity index (χ0n) is 20.8. The molecule has 2 N–H and O–H groups in total. The molecule has 0 bridgehead atoms. The SMILES string of the molecule is CN(C)CCOc1cncc(-c2cnc3n[nH]c(-c4cc5c(N6CCCCC6)cccc5[nH]4)c3c2)c1. The molecule has 184 valence electrons. The highest BCUT2D eigenvalue weighted by molar-refractivity contribution is 6.00. The molecular formula is C28H31N7O. The molecule has 8 heteroatoms. The number of benzene rings is 1. The lowest BCUT2D eigenvalue weighted by molar-refractivity contribution is 0.261. The molecule has 0 amide bonds. The number of ether oxygens (including phenoxy) is 1. The van der Waals surface area contributed by atoms with Crippen molar-refractivity contribution in [3.05, 3.63) is 55.0 Å². The summed E-state index contributed by atoms with van der Waals surface area (Å²) in [4.78, 5) is 17.2. The van der Waals surface area contributed by atoms with Gasteiger partial charge < -0.3 is 19.5 Å². The predicted molar refractivity (Wildman–Crippen MR) is 145 cm³/mol. The smallest absolute Gasteiger partial charge is 0.181 e. The molecule has 36 heavy (non-hydrogen) atoms. The monoisotopic (exact) mass is 481 g/mol. The van der Waals surface area contributed by atoms with Gasteiger partial charge in [0, 0.05) is 65.1 Å². The van der Waals surface area contributed by atoms with Gasteiger partial charge in [-0.25, -0.2) is 4.98 Å². The lowest BCUT2D eigenvalue weighted by Crippen LogP contribution is -2.29. The van der Waals surface area contributed by atoms with Crippen molar-refractivity contribution in [2.75, 3.05) is 45.2 Å². The van der Waals surface area contributed by atoms with Crippen LogP contribution in [-0.2, 0) is 0 Å². The Balaban J connectivity index is 1.34. The molecule has 0 spiro atoms. The van der Waals surface area contributed by atoms with Crippen LogP contribution in [-0.4, -0.2) is 70.4 Å². The number of H-pyrrole nitrogens is 2. The van der Waals surface area contributed by atoms with Gasteiger partial charge in [0.1, 0.15) is 12.4 Å². The molecule has 8 nitrogen and oxygen atoms in total. The fraction of sp³-hybridized carbons (Fsp3) is 0.321. The molecule has 1 saturated heterocycles. The second-order valence-corrected chi connectivity index (χ2v) is 9.72. The van der Waals surface area contributed by atoms with Crippen molar-refractivity contribution in [3.63, 3.8) is 0 Å². The predicted octanol–water partition coefficient (Wildman–Crippen LogP) is 5.10. The van der Waals surface area contributed by atoms with E-state index in [1.807, 2.05) is 32.6 Å². The van der Waals surface area contributed by atoms with Crippen LogP contribution in [0.5, 0.6) is 5.75 Å². The first kappa shape index (κ1) is 22.5. The van der Waals surface area contributed by atoms with E-state index in [-0.39, 0.29) is 0 Å². The first-order valence-electron chi connectivity index (χ1n) is 12.6. The topological polar surface area (TPSA) is 86.0 Å². The first-order chi connectivity index (χ1) is 17.7. The van der Waals surface area contributed by atoms with E-state index in [4.69, 9.17) is 4.74 Å². The number of aromatic amines is 2. The third-order valence-electron chi connectivity index (χ3n) is 6.87. The van der Waals surface area contributed by atoms with E-state index in [0.29, 0.717) is 12.3 Å². The van der Waals surface area contributed by atoms with E-state index in [2.05, 4.69) is 65.3 Å². The summed E-state index contributed by atoms with van der Waals surface area (Å²) in [5, 5.41) is 9.90. The molecule has 1 aliphatic heterocycles. The minimum atomic E-state index is 0.612. The van der Waals surface area contributed by atoms with Crippen molar-refractivity contribution in [3.8, 4) is 28.3 Å². The van der Waals surface area contributed by atoms with Gasteiger partial charge in [-0.15, -0.1) is 0 Å². The van der Waals surface area contributed by atoms with Gasteiger partial charge >= 0.3 is 0 Å². The number of anilines is 1. The van der Waals surface area contributed by atoms with Crippen LogP contribution in [0.1, 0.15) is 19.3 Å². The lowest BCUT2D eigenvalue weighted by atomic mass is 10.1. The maximum Gasteiger partial charge on any atom is 0.181 e. The number of pyridine rings is 2. The van der Waals surface area contributed by atoms with Gasteiger partial charge in [0.25, 0.3) is 0 Å². The molecule has 0 radical (unpaired) electrons. The van der Waals surface area contributed by atoms with Crippen molar-refractivity contribution in [2.45, 2.75) is 19.3 Å². The highest BCUT2D eigenvalue weighted by Crippen LogP contribution is 2.35. The van der Waals surface area contributed by atoms with Crippen molar-refractivity contribution < 1.29 is 4.74 Å². The molecule has 5 aromatic rings. The van der Waals surface area contributed by atoms with E-state index >= 15 is 0 Å². The average molecular weight is 482 g/mol. The number of nitrogens with zero attached hydrogens (tertiary/aromatic N) is 5. The number of nitrogens with one attached hydrogen (secondary N) is 2. The number of likely N-dealkylation sites (N-methyl/N-ethyl adjacent to an activating group) is 1. The van der Waals surface area contributed by atoms with Crippen molar-refractivity contribution in [1.29, 1.82) is 0 Å². The van der Waals surface area contributed by atoms with Crippen molar-refractivity contribution in [1.82, 2.24) is 30.0 Å². The van der Waals surface area contributed by atoms with E-state index < -0.39 is 0 Å². The Morgan fingerprint density at radius 2 is 1.83 bits per heavy atom. The summed E-state index contributed by atoms with van der Waals surface area (Å²) >= 11 is 0. The van der Waals surface area contributed by atoms with Gasteiger partial charge in [0.15, 0.2) is 5.65 Å². The number of fused-ring (bicyclic) bond motifs is 2. The summed E-state index contributed by atoms with van der Waals surface area (Å²) in [5.74, 6) is 0.753. The molecule has 5 heterocycles. The number of rotatable bonds is 7. The van der Waals surface area contributed by atoms with Crippen LogP contribution in [0.2, 0.25) is 0 Å². The molecule has 1 aliphatic rings. The Bertz CT molecular complexity index is 1500. The van der Waals surface area contributed by atoms with Gasteiger partial charge in [-0.3, -0.25) is 10.1 Å². The van der Waals surface area contributed by atoms with Gasteiger partial charge in [-0.2, -0.15) is 5.10 Å². The van der Waals surface area contributed by atoms with Gasteiger partial charge in [-0.1, -0.05) is 6.07 Å². The van der Waals surface area contributed by atoms with Crippen LogP contribution in [0.3, 0.4) is 0 Å². The molecule has 4 aromatic heterocycles. The number of piperidine rings is 1. The molecule has 0 aliphatic carbocycles. The molecule has 1 aromatic carbocycles. The van der Waals surface area contributed by atoms with E-state index in [1.165, 1.54) is 30.3 Å². The minimum absolute atomic E-state index is 0.612. The van der Waals surface area contributed by atoms with Crippen LogP contribution in [0.15, 0.2) is 55.0 Å². The Hall–Kier alpha value is -3.91. The molecule has 0 unspecified atom stereocenters. The lowest BCUT2D eigenvalue weighted by Gasteiger charge is -2.29. The molecule has 1 fully saturated rings. The quantitative estimate of drug-likeness (QED) is 0.336. The van der Waals surface area contributed by atoms with Crippen LogP contribution >= 0.6 is 0 Å². The Kier molecular flexibility index (Phi) is 6.03. The standard InChI is InChI=1S/C28H31N7O/c1-34(2)11-12-36-21-13-19(16-29-18-21)20-14-23-27(32-33-28(23)30-17-20)25-15-22-24(31-25)7-6-8-26(22)35-9-4-3-5-10-35/h6-8,13-18,31H,3-5,9-12H2,1-2H3,(H,30,32,33). The first-order valence-corrected chi connectivity index (χ1v) is 12.6. The second-order valence-electron chi connectivity index (χ2n) is 9.72. The van der Waals surface area contributed by atoms with Gasteiger partial charge in [-0.05, 0) is 63.7 Å². The zero-order chi connectivity index (χ0) is 24.5. The third kappa shape index (κ3) is 4.40. The number of hydrogen-bond acceptors (Lipinski definition) is 6. The highest BCUT2D eigenvalue weighted by atomic mass is 16.5. The summed E-state index contributed by atoms with van der Waals surface area (Å²) in [6.07, 6.45) is 9.26. The van der Waals surface area contributed by atoms with Crippen molar-refractivity contribution in [2.24, 2.45) is 0 Å². The number of aromatic nitrogens is 5. The molecule has 6 rings (SSSR count). The van der Waals surface area contributed by atoms with Crippen molar-refractivity contribution >= 4 is 27.6 Å². The average Bonchev–Trinajstić information content (AvgIpc) is 3.53. The molecular weight excluding hydrogens is 450 g/mol. The summed E-state index contributed by atoms with van der Waals surface area (Å²) in [6, 6.07) is 12.9. The Morgan fingerprint density at radius 1 is 0.972 bits per heavy atom. The van der Waals surface area contributed by atoms with E-state index in [1.54, 1.807) is 6.20 Å². The fourth-order valence-electron chi connectivity index (χ4n) is 4.95. The largest absolute Gasteiger partial charge is 0.491 e. The zero-order valence-corrected chi connectivity index (χ0v) is 20.8. The third-order valence-corrected chi connectivity index (χ3v) is 6.87. The second kappa shape index (κ2) is 9.62. The van der Waals surface area contributed by atoms with Gasteiger partial charge in [0.05, 0.1) is 17.6 Å². The van der Waals surface area contributed by atoms with Crippen LogP contribution in [0.4, 0.5) is 5.69 Å². The van der Waals surface area contributed by atoms with E-state index in [9.17, 15) is 0 Å². The summed E-state index contributed by atoms with van der Waals surface area (Å²) < 4.78 is 5.89. The summed E-state index contributed by atoms with van der Waals surface area (Å²) in [5.41, 5.74) is 7.00. The summed E-state index contributed by atoms with van der Waals surface area (Å²) in [6.45, 7) is 3.69. The minimum Gasteiger partial charge on any atom is -0.491 e. The van der Waals surface area contributed by atoms with Crippen LogP contribution in [0, 0.1) is 0 Å². The van der Waals surface area contributed by atoms with Gasteiger partial charge in [0.2, 0.25) is 0 Å². The maximum absolute atomic E-state index is 5.89. The van der Waals surface area contributed by atoms with Crippen LogP contribution < -0.4 is 9.64 Å². The maximum atomic E-state index is 5.89. The molecule has 0 atom stereocenters. The van der Waals surface area contributed by atoms with E-state index in [0.717, 1.165) is 58.8 Å². The Labute approximate surface area is 210 Å². The highest BCUT2D eigenvalue weighted by Gasteiger charge is 2.17. The molecule has 0 saturated carbocycles. The normalized spacial score (nSPS) is 14.2.